The summed E-state index contributed by atoms with van der Waals surface area (Å²) in [4.78, 5) is 37.7. The molecule has 0 spiro atoms. The van der Waals surface area contributed by atoms with Crippen LogP contribution in [0.1, 0.15) is 11.1 Å². The number of imide groups is 2. The third kappa shape index (κ3) is 2.97. The molecule has 2 heterocycles. The fourth-order valence-corrected chi connectivity index (χ4v) is 3.05. The van der Waals surface area contributed by atoms with Crippen molar-refractivity contribution in [3.63, 3.8) is 0 Å². The van der Waals surface area contributed by atoms with Gasteiger partial charge in [0.2, 0.25) is 0 Å². The first kappa shape index (κ1) is 15.6. The highest BCUT2D eigenvalue weighted by molar-refractivity contribution is 9.10. The van der Waals surface area contributed by atoms with Gasteiger partial charge in [0, 0.05) is 4.47 Å². The van der Waals surface area contributed by atoms with Gasteiger partial charge in [-0.15, -0.1) is 0 Å². The number of hydrogen-bond donors (Lipinski definition) is 1. The average Bonchev–Trinajstić information content (AvgIpc) is 3.00. The van der Waals surface area contributed by atoms with Gasteiger partial charge >= 0.3 is 6.03 Å². The van der Waals surface area contributed by atoms with Gasteiger partial charge in [-0.05, 0) is 59.2 Å². The summed E-state index contributed by atoms with van der Waals surface area (Å²) in [7, 11) is 0. The molecule has 1 aromatic heterocycles. The molecule has 23 heavy (non-hydrogen) atoms. The van der Waals surface area contributed by atoms with Crippen molar-refractivity contribution < 1.29 is 14.4 Å². The number of nitrogens with zero attached hydrogens (tertiary/aromatic N) is 1. The molecule has 1 N–H and O–H groups in total. The Balaban J connectivity index is 2.03. The van der Waals surface area contributed by atoms with Gasteiger partial charge in [0.25, 0.3) is 11.8 Å². The first-order valence-electron chi connectivity index (χ1n) is 6.67. The van der Waals surface area contributed by atoms with Gasteiger partial charge in [0.05, 0.1) is 5.69 Å². The number of halogens is 1. The Morgan fingerprint density at radius 3 is 2.65 bits per heavy atom. The van der Waals surface area contributed by atoms with Crippen LogP contribution in [0.4, 0.5) is 10.5 Å². The lowest BCUT2D eigenvalue weighted by Crippen LogP contribution is -2.54. The van der Waals surface area contributed by atoms with Crippen molar-refractivity contribution in [3.8, 4) is 0 Å². The predicted octanol–water partition coefficient (Wildman–Crippen LogP) is 3.49. The van der Waals surface area contributed by atoms with Crippen LogP contribution in [0.15, 0.2) is 45.1 Å². The van der Waals surface area contributed by atoms with E-state index in [1.807, 2.05) is 17.7 Å². The number of hydrogen-bond acceptors (Lipinski definition) is 4. The van der Waals surface area contributed by atoms with Gasteiger partial charge in [-0.2, -0.15) is 11.3 Å². The molecule has 4 amide bonds. The minimum atomic E-state index is -0.746. The molecule has 0 unspecified atom stereocenters. The van der Waals surface area contributed by atoms with Gasteiger partial charge in [-0.25, -0.2) is 9.69 Å². The molecule has 1 aliphatic heterocycles. The summed E-state index contributed by atoms with van der Waals surface area (Å²) >= 11 is 4.84. The number of amides is 4. The maximum Gasteiger partial charge on any atom is 0.335 e. The van der Waals surface area contributed by atoms with Crippen molar-refractivity contribution in [1.29, 1.82) is 0 Å². The number of anilines is 1. The second-order valence-corrected chi connectivity index (χ2v) is 6.58. The van der Waals surface area contributed by atoms with Crippen LogP contribution in [-0.2, 0) is 9.59 Å². The summed E-state index contributed by atoms with van der Waals surface area (Å²) in [5.41, 5.74) is 1.97. The maximum absolute atomic E-state index is 12.6. The topological polar surface area (TPSA) is 66.5 Å². The fraction of sp³-hybridized carbons (Fsp3) is 0.0625. The van der Waals surface area contributed by atoms with E-state index in [0.717, 1.165) is 20.5 Å². The molecular formula is C16H11BrN2O3S. The number of rotatable bonds is 2. The number of thiophene rings is 1. The van der Waals surface area contributed by atoms with E-state index in [0.29, 0.717) is 5.69 Å². The van der Waals surface area contributed by atoms with E-state index in [9.17, 15) is 14.4 Å². The molecule has 5 nitrogen and oxygen atoms in total. The third-order valence-corrected chi connectivity index (χ3v) is 4.95. The minimum absolute atomic E-state index is 0.0661. The standard InChI is InChI=1S/C16H11BrN2O3S/c1-9-6-11(2-3-13(9)17)19-15(21)12(14(20)18-16(19)22)7-10-4-5-23-8-10/h2-8H,1H3,(H,18,20,22). The van der Waals surface area contributed by atoms with Crippen LogP contribution in [0, 0.1) is 6.92 Å². The molecule has 0 radical (unpaired) electrons. The fourth-order valence-electron chi connectivity index (χ4n) is 2.18. The highest BCUT2D eigenvalue weighted by Gasteiger charge is 2.36. The number of carbonyl (C=O) groups excluding carboxylic acids is 3. The highest BCUT2D eigenvalue weighted by atomic mass is 79.9. The first-order valence-corrected chi connectivity index (χ1v) is 8.41. The Morgan fingerprint density at radius 1 is 1.22 bits per heavy atom. The lowest BCUT2D eigenvalue weighted by molar-refractivity contribution is -0.122. The molecular weight excluding hydrogens is 380 g/mol. The number of carbonyl (C=O) groups is 3. The van der Waals surface area contributed by atoms with E-state index in [1.165, 1.54) is 17.4 Å². The lowest BCUT2D eigenvalue weighted by atomic mass is 10.1. The number of aryl methyl sites for hydroxylation is 1. The molecule has 1 aromatic carbocycles. The molecule has 1 saturated heterocycles. The van der Waals surface area contributed by atoms with Crippen LogP contribution in [0.3, 0.4) is 0 Å². The maximum atomic E-state index is 12.6. The summed E-state index contributed by atoms with van der Waals surface area (Å²) in [6.45, 7) is 1.85. The summed E-state index contributed by atoms with van der Waals surface area (Å²) in [6, 6.07) is 6.16. The molecule has 0 saturated carbocycles. The second-order valence-electron chi connectivity index (χ2n) is 4.95. The smallest absolute Gasteiger partial charge is 0.273 e. The van der Waals surface area contributed by atoms with E-state index < -0.39 is 17.8 Å². The molecule has 2 aromatic rings. The SMILES string of the molecule is Cc1cc(N2C(=O)NC(=O)C(=Cc3ccsc3)C2=O)ccc1Br. The Hall–Kier alpha value is -2.25. The Kier molecular flexibility index (Phi) is 4.14. The largest absolute Gasteiger partial charge is 0.335 e. The van der Waals surface area contributed by atoms with Crippen LogP contribution < -0.4 is 10.2 Å². The van der Waals surface area contributed by atoms with Crippen LogP contribution in [0.25, 0.3) is 6.08 Å². The van der Waals surface area contributed by atoms with Crippen LogP contribution in [-0.4, -0.2) is 17.8 Å². The van der Waals surface area contributed by atoms with Crippen molar-refractivity contribution >= 4 is 56.9 Å². The Labute approximate surface area is 144 Å². The molecule has 3 rings (SSSR count). The number of urea groups is 1. The zero-order valence-corrected chi connectivity index (χ0v) is 14.4. The van der Waals surface area contributed by atoms with E-state index >= 15 is 0 Å². The molecule has 1 fully saturated rings. The minimum Gasteiger partial charge on any atom is -0.273 e. The number of barbiturate groups is 1. The van der Waals surface area contributed by atoms with Gasteiger partial charge in [0.15, 0.2) is 0 Å². The van der Waals surface area contributed by atoms with Crippen LogP contribution in [0.2, 0.25) is 0 Å². The molecule has 116 valence electrons. The van der Waals surface area contributed by atoms with E-state index in [1.54, 1.807) is 24.3 Å². The van der Waals surface area contributed by atoms with Gasteiger partial charge in [-0.1, -0.05) is 15.9 Å². The summed E-state index contributed by atoms with van der Waals surface area (Å²) in [5.74, 6) is -1.32. The zero-order chi connectivity index (χ0) is 16.6. The molecule has 1 aliphatic rings. The van der Waals surface area contributed by atoms with E-state index in [-0.39, 0.29) is 5.57 Å². The van der Waals surface area contributed by atoms with Crippen molar-refractivity contribution in [3.05, 3.63) is 56.2 Å². The van der Waals surface area contributed by atoms with Crippen molar-refractivity contribution in [2.24, 2.45) is 0 Å². The van der Waals surface area contributed by atoms with Crippen molar-refractivity contribution in [2.75, 3.05) is 4.90 Å². The first-order chi connectivity index (χ1) is 11.0. The normalized spacial score (nSPS) is 16.9. The quantitative estimate of drug-likeness (QED) is 0.630. The molecule has 7 heteroatoms. The highest BCUT2D eigenvalue weighted by Crippen LogP contribution is 2.26. The molecule has 0 aliphatic carbocycles. The zero-order valence-electron chi connectivity index (χ0n) is 12.0. The Bertz CT molecular complexity index is 843. The summed E-state index contributed by atoms with van der Waals surface area (Å²) in [5, 5.41) is 5.87. The lowest BCUT2D eigenvalue weighted by Gasteiger charge is -2.26. The van der Waals surface area contributed by atoms with E-state index in [4.69, 9.17) is 0 Å². The monoisotopic (exact) mass is 390 g/mol. The van der Waals surface area contributed by atoms with Crippen molar-refractivity contribution in [2.45, 2.75) is 6.92 Å². The third-order valence-electron chi connectivity index (χ3n) is 3.36. The molecule has 0 atom stereocenters. The second kappa shape index (κ2) is 6.10. The molecule has 0 bridgehead atoms. The van der Waals surface area contributed by atoms with Gasteiger partial charge in [0.1, 0.15) is 5.57 Å². The van der Waals surface area contributed by atoms with Gasteiger partial charge in [-0.3, -0.25) is 14.9 Å². The van der Waals surface area contributed by atoms with Crippen LogP contribution >= 0.6 is 27.3 Å². The summed E-state index contributed by atoms with van der Waals surface area (Å²) < 4.78 is 0.872. The predicted molar refractivity (Wildman–Crippen MR) is 92.2 cm³/mol. The van der Waals surface area contributed by atoms with Crippen molar-refractivity contribution in [1.82, 2.24) is 5.32 Å². The number of benzene rings is 1. The summed E-state index contributed by atoms with van der Waals surface area (Å²) in [6.07, 6.45) is 1.49. The Morgan fingerprint density at radius 2 is 2.00 bits per heavy atom. The average molecular weight is 391 g/mol. The van der Waals surface area contributed by atoms with Crippen LogP contribution in [0.5, 0.6) is 0 Å². The van der Waals surface area contributed by atoms with E-state index in [2.05, 4.69) is 21.2 Å². The number of nitrogens with one attached hydrogen (secondary N) is 1. The van der Waals surface area contributed by atoms with Gasteiger partial charge < -0.3 is 0 Å².